The van der Waals surface area contributed by atoms with Crippen molar-refractivity contribution in [3.05, 3.63) is 63.1 Å². The molecule has 2 heterocycles. The first-order chi connectivity index (χ1) is 14.5. The molecule has 1 aliphatic heterocycles. The molecule has 0 bridgehead atoms. The number of thiazole rings is 1. The van der Waals surface area contributed by atoms with Crippen molar-refractivity contribution in [2.75, 3.05) is 38.5 Å². The lowest BCUT2D eigenvalue weighted by Gasteiger charge is -2.37. The fourth-order valence-electron chi connectivity index (χ4n) is 3.75. The van der Waals surface area contributed by atoms with Crippen LogP contribution in [0.25, 0.3) is 10.2 Å². The summed E-state index contributed by atoms with van der Waals surface area (Å²) in [5.41, 5.74) is 1.86. The van der Waals surface area contributed by atoms with E-state index in [1.165, 1.54) is 16.8 Å². The standard InChI is InChI=1S/C21H23N5O3S/c1-14(20-23-18-5-3-4-6-19(18)30-20)24-9-11-25(12-10-24)21(27)16-13-15(26(28)29)7-8-17(16)22-2/h3-8,13-14,22H,9-12H2,1-2H3/t14-/m1/s1. The van der Waals surface area contributed by atoms with Crippen molar-refractivity contribution in [1.82, 2.24) is 14.8 Å². The molecule has 1 aliphatic rings. The van der Waals surface area contributed by atoms with Gasteiger partial charge in [0.15, 0.2) is 0 Å². The van der Waals surface area contributed by atoms with Gasteiger partial charge < -0.3 is 10.2 Å². The number of carbonyl (C=O) groups excluding carboxylic acids is 1. The van der Waals surface area contributed by atoms with Crippen molar-refractivity contribution < 1.29 is 9.72 Å². The first kappa shape index (κ1) is 20.2. The molecule has 30 heavy (non-hydrogen) atoms. The van der Waals surface area contributed by atoms with Gasteiger partial charge in [0, 0.05) is 51.0 Å². The summed E-state index contributed by atoms with van der Waals surface area (Å²) in [6.07, 6.45) is 0. The maximum atomic E-state index is 13.1. The molecule has 0 saturated carbocycles. The Morgan fingerprint density at radius 1 is 1.20 bits per heavy atom. The Morgan fingerprint density at radius 2 is 1.93 bits per heavy atom. The second-order valence-corrected chi connectivity index (χ2v) is 8.32. The van der Waals surface area contributed by atoms with Crippen LogP contribution >= 0.6 is 11.3 Å². The van der Waals surface area contributed by atoms with Crippen LogP contribution in [-0.4, -0.2) is 58.8 Å². The number of benzene rings is 2. The lowest BCUT2D eigenvalue weighted by atomic mass is 10.1. The van der Waals surface area contributed by atoms with Gasteiger partial charge in [-0.1, -0.05) is 12.1 Å². The third kappa shape index (κ3) is 3.86. The highest BCUT2D eigenvalue weighted by atomic mass is 32.1. The predicted molar refractivity (Wildman–Crippen MR) is 118 cm³/mol. The number of hydrogen-bond acceptors (Lipinski definition) is 7. The second kappa shape index (κ2) is 8.37. The number of fused-ring (bicyclic) bond motifs is 1. The molecule has 156 valence electrons. The smallest absolute Gasteiger partial charge is 0.270 e. The summed E-state index contributed by atoms with van der Waals surface area (Å²) in [6.45, 7) is 4.74. The van der Waals surface area contributed by atoms with Crippen molar-refractivity contribution in [2.24, 2.45) is 0 Å². The Balaban J connectivity index is 1.46. The van der Waals surface area contributed by atoms with E-state index in [2.05, 4.69) is 23.2 Å². The largest absolute Gasteiger partial charge is 0.387 e. The first-order valence-electron chi connectivity index (χ1n) is 9.83. The molecule has 1 aromatic heterocycles. The lowest BCUT2D eigenvalue weighted by Crippen LogP contribution is -2.49. The minimum atomic E-state index is -0.478. The number of nitrogens with one attached hydrogen (secondary N) is 1. The summed E-state index contributed by atoms with van der Waals surface area (Å²) in [7, 11) is 1.70. The van der Waals surface area contributed by atoms with Crippen molar-refractivity contribution in [3.63, 3.8) is 0 Å². The number of nitro groups is 1. The van der Waals surface area contributed by atoms with Crippen LogP contribution in [-0.2, 0) is 0 Å². The molecule has 9 heteroatoms. The summed E-state index contributed by atoms with van der Waals surface area (Å²) in [5.74, 6) is -0.185. The van der Waals surface area contributed by atoms with Crippen molar-refractivity contribution >= 4 is 38.8 Å². The predicted octanol–water partition coefficient (Wildman–Crippen LogP) is 3.77. The molecule has 8 nitrogen and oxygen atoms in total. The highest BCUT2D eigenvalue weighted by molar-refractivity contribution is 7.18. The van der Waals surface area contributed by atoms with Gasteiger partial charge in [-0.05, 0) is 25.1 Å². The van der Waals surface area contributed by atoms with Crippen molar-refractivity contribution in [2.45, 2.75) is 13.0 Å². The fraction of sp³-hybridized carbons (Fsp3) is 0.333. The summed E-state index contributed by atoms with van der Waals surface area (Å²) >= 11 is 1.71. The van der Waals surface area contributed by atoms with E-state index in [0.29, 0.717) is 24.3 Å². The zero-order valence-corrected chi connectivity index (χ0v) is 17.7. The number of carbonyl (C=O) groups is 1. The van der Waals surface area contributed by atoms with E-state index < -0.39 is 4.92 Å². The first-order valence-corrected chi connectivity index (χ1v) is 10.6. The molecular weight excluding hydrogens is 402 g/mol. The zero-order valence-electron chi connectivity index (χ0n) is 16.9. The number of rotatable bonds is 5. The Labute approximate surface area is 178 Å². The Kier molecular flexibility index (Phi) is 5.65. The fourth-order valence-corrected chi connectivity index (χ4v) is 4.80. The van der Waals surface area contributed by atoms with E-state index in [-0.39, 0.29) is 17.6 Å². The lowest BCUT2D eigenvalue weighted by molar-refractivity contribution is -0.384. The molecule has 1 N–H and O–H groups in total. The molecule has 1 fully saturated rings. The number of para-hydroxylation sites is 1. The highest BCUT2D eigenvalue weighted by Gasteiger charge is 2.28. The quantitative estimate of drug-likeness (QED) is 0.494. The van der Waals surface area contributed by atoms with Gasteiger partial charge in [0.25, 0.3) is 11.6 Å². The van der Waals surface area contributed by atoms with Crippen LogP contribution < -0.4 is 5.32 Å². The molecule has 2 aromatic carbocycles. The molecule has 1 saturated heterocycles. The summed E-state index contributed by atoms with van der Waals surface area (Å²) in [6, 6.07) is 12.6. The normalized spacial score (nSPS) is 15.9. The number of non-ortho nitro benzene ring substituents is 1. The van der Waals surface area contributed by atoms with Crippen LogP contribution in [0.1, 0.15) is 28.3 Å². The average molecular weight is 426 g/mol. The highest BCUT2D eigenvalue weighted by Crippen LogP contribution is 2.30. The zero-order chi connectivity index (χ0) is 21.3. The number of anilines is 1. The molecule has 0 spiro atoms. The number of amides is 1. The molecule has 3 aromatic rings. The van der Waals surface area contributed by atoms with E-state index >= 15 is 0 Å². The topological polar surface area (TPSA) is 91.6 Å². The molecule has 0 radical (unpaired) electrons. The summed E-state index contributed by atoms with van der Waals surface area (Å²) in [5, 5.41) is 15.1. The van der Waals surface area contributed by atoms with Crippen molar-refractivity contribution in [1.29, 1.82) is 0 Å². The molecule has 1 amide bonds. The van der Waals surface area contributed by atoms with E-state index in [4.69, 9.17) is 4.98 Å². The number of nitro benzene ring substituents is 1. The van der Waals surface area contributed by atoms with Gasteiger partial charge in [-0.25, -0.2) is 4.98 Å². The molecular formula is C21H23N5O3S. The number of hydrogen-bond donors (Lipinski definition) is 1. The number of aromatic nitrogens is 1. The van der Waals surface area contributed by atoms with Gasteiger partial charge in [-0.3, -0.25) is 19.8 Å². The Morgan fingerprint density at radius 3 is 2.60 bits per heavy atom. The van der Waals surface area contributed by atoms with Gasteiger partial charge in [-0.2, -0.15) is 0 Å². The Bertz CT molecular complexity index is 1060. The van der Waals surface area contributed by atoms with Gasteiger partial charge in [0.2, 0.25) is 0 Å². The van der Waals surface area contributed by atoms with Gasteiger partial charge >= 0.3 is 0 Å². The number of piperazine rings is 1. The van der Waals surface area contributed by atoms with Crippen LogP contribution in [0.4, 0.5) is 11.4 Å². The molecule has 1 atom stereocenters. The SMILES string of the molecule is CNc1ccc([N+](=O)[O-])cc1C(=O)N1CCN([C@H](C)c2nc3ccccc3s2)CC1. The number of nitrogens with zero attached hydrogens (tertiary/aromatic N) is 4. The molecule has 0 unspecified atom stereocenters. The molecule has 4 rings (SSSR count). The monoisotopic (exact) mass is 425 g/mol. The van der Waals surface area contributed by atoms with E-state index in [9.17, 15) is 14.9 Å². The van der Waals surface area contributed by atoms with Crippen LogP contribution in [0, 0.1) is 10.1 Å². The minimum Gasteiger partial charge on any atom is -0.387 e. The minimum absolute atomic E-state index is 0.0829. The van der Waals surface area contributed by atoms with Gasteiger partial charge in [0.05, 0.1) is 26.7 Å². The van der Waals surface area contributed by atoms with Gasteiger partial charge in [-0.15, -0.1) is 11.3 Å². The summed E-state index contributed by atoms with van der Waals surface area (Å²) < 4.78 is 1.18. The average Bonchev–Trinajstić information content (AvgIpc) is 3.22. The molecule has 0 aliphatic carbocycles. The third-order valence-electron chi connectivity index (χ3n) is 5.53. The van der Waals surface area contributed by atoms with E-state index in [1.54, 1.807) is 29.4 Å². The van der Waals surface area contributed by atoms with Crippen LogP contribution in [0.3, 0.4) is 0 Å². The second-order valence-electron chi connectivity index (χ2n) is 7.26. The summed E-state index contributed by atoms with van der Waals surface area (Å²) in [4.78, 5) is 32.5. The van der Waals surface area contributed by atoms with Crippen molar-refractivity contribution in [3.8, 4) is 0 Å². The van der Waals surface area contributed by atoms with Crippen LogP contribution in [0.15, 0.2) is 42.5 Å². The maximum Gasteiger partial charge on any atom is 0.270 e. The van der Waals surface area contributed by atoms with Crippen LogP contribution in [0.5, 0.6) is 0 Å². The maximum absolute atomic E-state index is 13.1. The third-order valence-corrected chi connectivity index (χ3v) is 6.74. The van der Waals surface area contributed by atoms with E-state index in [1.807, 2.05) is 18.2 Å². The van der Waals surface area contributed by atoms with Crippen LogP contribution in [0.2, 0.25) is 0 Å². The van der Waals surface area contributed by atoms with E-state index in [0.717, 1.165) is 23.6 Å². The Hall–Kier alpha value is -3.04. The van der Waals surface area contributed by atoms with Gasteiger partial charge in [0.1, 0.15) is 5.01 Å².